The van der Waals surface area contributed by atoms with Gasteiger partial charge in [0.05, 0.1) is 11.1 Å². The maximum Gasteiger partial charge on any atom is 0.272 e. The fourth-order valence-electron chi connectivity index (χ4n) is 2.64. The van der Waals surface area contributed by atoms with Gasteiger partial charge in [-0.15, -0.1) is 0 Å². The molecule has 0 atom stereocenters. The van der Waals surface area contributed by atoms with Gasteiger partial charge in [0.1, 0.15) is 0 Å². The highest BCUT2D eigenvalue weighted by atomic mass is 16.5. The Hall–Kier alpha value is -1.92. The fourth-order valence-corrected chi connectivity index (χ4v) is 2.64. The largest absolute Gasteiger partial charge is 0.388 e. The first-order valence-electron chi connectivity index (χ1n) is 7.09. The highest BCUT2D eigenvalue weighted by molar-refractivity contribution is 6.04. The number of hydrogen-bond donors (Lipinski definition) is 2. The number of hydrogen-bond acceptors (Lipinski definition) is 4. The number of fused-ring (bicyclic) bond motifs is 1. The van der Waals surface area contributed by atoms with Crippen molar-refractivity contribution in [1.82, 2.24) is 15.1 Å². The number of aromatic nitrogens is 2. The van der Waals surface area contributed by atoms with E-state index in [1.807, 2.05) is 31.3 Å². The van der Waals surface area contributed by atoms with Gasteiger partial charge in [0.2, 0.25) is 0 Å². The SMILES string of the molecule is Cn1nc(C(=O)NCC2(O)CCOCC2)c2ccccc21. The van der Waals surface area contributed by atoms with Crippen LogP contribution in [0.25, 0.3) is 10.9 Å². The molecule has 3 rings (SSSR count). The predicted molar refractivity (Wildman–Crippen MR) is 78.1 cm³/mol. The molecule has 6 heteroatoms. The summed E-state index contributed by atoms with van der Waals surface area (Å²) in [4.78, 5) is 12.3. The van der Waals surface area contributed by atoms with E-state index in [2.05, 4.69) is 10.4 Å². The van der Waals surface area contributed by atoms with E-state index in [0.717, 1.165) is 10.9 Å². The number of rotatable bonds is 3. The molecule has 1 amide bonds. The van der Waals surface area contributed by atoms with E-state index in [1.54, 1.807) is 4.68 Å². The van der Waals surface area contributed by atoms with E-state index in [1.165, 1.54) is 0 Å². The van der Waals surface area contributed by atoms with Crippen molar-refractivity contribution in [1.29, 1.82) is 0 Å². The fraction of sp³-hybridized carbons (Fsp3) is 0.467. The Morgan fingerprint density at radius 2 is 2.14 bits per heavy atom. The smallest absolute Gasteiger partial charge is 0.272 e. The minimum Gasteiger partial charge on any atom is -0.388 e. The highest BCUT2D eigenvalue weighted by Crippen LogP contribution is 2.20. The lowest BCUT2D eigenvalue weighted by molar-refractivity contribution is -0.0605. The Kier molecular flexibility index (Phi) is 3.65. The maximum absolute atomic E-state index is 12.3. The quantitative estimate of drug-likeness (QED) is 0.878. The summed E-state index contributed by atoms with van der Waals surface area (Å²) in [6.07, 6.45) is 1.08. The third kappa shape index (κ3) is 2.77. The molecule has 2 heterocycles. The summed E-state index contributed by atoms with van der Waals surface area (Å²) < 4.78 is 6.92. The molecule has 0 spiro atoms. The zero-order valence-electron chi connectivity index (χ0n) is 12.0. The molecule has 0 unspecified atom stereocenters. The van der Waals surface area contributed by atoms with Crippen LogP contribution >= 0.6 is 0 Å². The summed E-state index contributed by atoms with van der Waals surface area (Å²) in [6, 6.07) is 7.59. The zero-order chi connectivity index (χ0) is 14.9. The third-order valence-corrected chi connectivity index (χ3v) is 3.97. The van der Waals surface area contributed by atoms with Crippen LogP contribution in [0.4, 0.5) is 0 Å². The van der Waals surface area contributed by atoms with E-state index in [0.29, 0.717) is 31.7 Å². The van der Waals surface area contributed by atoms with Crippen molar-refractivity contribution in [3.05, 3.63) is 30.0 Å². The first-order chi connectivity index (χ1) is 10.1. The molecule has 0 bridgehead atoms. The lowest BCUT2D eigenvalue weighted by atomic mass is 9.94. The number of carbonyl (C=O) groups is 1. The van der Waals surface area contributed by atoms with Crippen LogP contribution in [0.5, 0.6) is 0 Å². The Morgan fingerprint density at radius 1 is 1.43 bits per heavy atom. The number of carbonyl (C=O) groups excluding carboxylic acids is 1. The molecule has 1 aromatic carbocycles. The van der Waals surface area contributed by atoms with Gasteiger partial charge in [0, 0.05) is 45.0 Å². The molecular formula is C15H19N3O3. The number of nitrogens with one attached hydrogen (secondary N) is 1. The second-order valence-corrected chi connectivity index (χ2v) is 5.51. The van der Waals surface area contributed by atoms with Crippen molar-refractivity contribution >= 4 is 16.8 Å². The van der Waals surface area contributed by atoms with Crippen molar-refractivity contribution in [3.8, 4) is 0 Å². The van der Waals surface area contributed by atoms with Gasteiger partial charge in [-0.25, -0.2) is 0 Å². The van der Waals surface area contributed by atoms with Gasteiger partial charge in [-0.05, 0) is 6.07 Å². The molecule has 0 radical (unpaired) electrons. The van der Waals surface area contributed by atoms with E-state index in [4.69, 9.17) is 4.74 Å². The molecular weight excluding hydrogens is 270 g/mol. The molecule has 21 heavy (non-hydrogen) atoms. The number of ether oxygens (including phenoxy) is 1. The van der Waals surface area contributed by atoms with Crippen LogP contribution in [0.2, 0.25) is 0 Å². The van der Waals surface area contributed by atoms with Crippen LogP contribution in [-0.4, -0.2) is 46.2 Å². The van der Waals surface area contributed by atoms with Gasteiger partial charge in [-0.3, -0.25) is 9.48 Å². The molecule has 0 saturated carbocycles. The summed E-state index contributed by atoms with van der Waals surface area (Å²) >= 11 is 0. The summed E-state index contributed by atoms with van der Waals surface area (Å²) in [5, 5.41) is 18.3. The van der Waals surface area contributed by atoms with Crippen molar-refractivity contribution < 1.29 is 14.6 Å². The van der Waals surface area contributed by atoms with Crippen LogP contribution in [0, 0.1) is 0 Å². The number of benzene rings is 1. The average Bonchev–Trinajstić information content (AvgIpc) is 2.84. The normalized spacial score (nSPS) is 17.8. The first kappa shape index (κ1) is 14.0. The molecule has 112 valence electrons. The van der Waals surface area contributed by atoms with Gasteiger partial charge in [-0.1, -0.05) is 18.2 Å². The minimum absolute atomic E-state index is 0.222. The molecule has 1 fully saturated rings. The third-order valence-electron chi connectivity index (χ3n) is 3.97. The second kappa shape index (κ2) is 5.46. The van der Waals surface area contributed by atoms with Gasteiger partial charge < -0.3 is 15.2 Å². The van der Waals surface area contributed by atoms with Crippen molar-refractivity contribution in [2.75, 3.05) is 19.8 Å². The molecule has 0 aliphatic carbocycles. The summed E-state index contributed by atoms with van der Waals surface area (Å²) in [5.74, 6) is -0.258. The zero-order valence-corrected chi connectivity index (χ0v) is 12.0. The Morgan fingerprint density at radius 3 is 2.90 bits per heavy atom. The number of nitrogens with zero attached hydrogens (tertiary/aromatic N) is 2. The van der Waals surface area contributed by atoms with E-state index in [-0.39, 0.29) is 12.5 Å². The first-order valence-corrected chi connectivity index (χ1v) is 7.09. The van der Waals surface area contributed by atoms with E-state index < -0.39 is 5.60 Å². The molecule has 1 saturated heterocycles. The van der Waals surface area contributed by atoms with Crippen molar-refractivity contribution in [2.24, 2.45) is 7.05 Å². The number of aliphatic hydroxyl groups is 1. The van der Waals surface area contributed by atoms with Crippen molar-refractivity contribution in [2.45, 2.75) is 18.4 Å². The van der Waals surface area contributed by atoms with E-state index in [9.17, 15) is 9.90 Å². The molecule has 2 aromatic rings. The van der Waals surface area contributed by atoms with E-state index >= 15 is 0 Å². The predicted octanol–water partition coefficient (Wildman–Crippen LogP) is 0.845. The maximum atomic E-state index is 12.3. The second-order valence-electron chi connectivity index (χ2n) is 5.51. The standard InChI is InChI=1S/C15H19N3O3/c1-18-12-5-3-2-4-11(12)13(17-18)14(19)16-10-15(20)6-8-21-9-7-15/h2-5,20H,6-10H2,1H3,(H,16,19). The lowest BCUT2D eigenvalue weighted by Gasteiger charge is -2.31. The Balaban J connectivity index is 1.75. The number of aryl methyl sites for hydroxylation is 1. The monoisotopic (exact) mass is 289 g/mol. The summed E-state index contributed by atoms with van der Waals surface area (Å²) in [6.45, 7) is 1.28. The molecule has 2 N–H and O–H groups in total. The summed E-state index contributed by atoms with van der Waals surface area (Å²) in [5.41, 5.74) is 0.426. The van der Waals surface area contributed by atoms with Crippen LogP contribution < -0.4 is 5.32 Å². The average molecular weight is 289 g/mol. The number of amides is 1. The molecule has 1 aliphatic heterocycles. The highest BCUT2D eigenvalue weighted by Gasteiger charge is 2.30. The van der Waals surface area contributed by atoms with Crippen molar-refractivity contribution in [3.63, 3.8) is 0 Å². The molecule has 6 nitrogen and oxygen atoms in total. The Bertz CT molecular complexity index is 659. The van der Waals surface area contributed by atoms with Crippen LogP contribution in [-0.2, 0) is 11.8 Å². The van der Waals surface area contributed by atoms with Gasteiger partial charge in [0.15, 0.2) is 5.69 Å². The van der Waals surface area contributed by atoms with Gasteiger partial charge in [0.25, 0.3) is 5.91 Å². The van der Waals surface area contributed by atoms with Crippen LogP contribution in [0.15, 0.2) is 24.3 Å². The van der Waals surface area contributed by atoms with Gasteiger partial charge in [-0.2, -0.15) is 5.10 Å². The van der Waals surface area contributed by atoms with Crippen LogP contribution in [0.1, 0.15) is 23.3 Å². The topological polar surface area (TPSA) is 76.4 Å². The lowest BCUT2D eigenvalue weighted by Crippen LogP contribution is -2.46. The minimum atomic E-state index is -0.876. The molecule has 1 aromatic heterocycles. The molecule has 1 aliphatic rings. The Labute approximate surface area is 122 Å². The van der Waals surface area contributed by atoms with Crippen LogP contribution in [0.3, 0.4) is 0 Å². The van der Waals surface area contributed by atoms with Gasteiger partial charge >= 0.3 is 0 Å². The summed E-state index contributed by atoms with van der Waals surface area (Å²) in [7, 11) is 1.81. The number of para-hydroxylation sites is 1.